The van der Waals surface area contributed by atoms with Crippen LogP contribution in [0, 0.1) is 0 Å². The maximum Gasteiger partial charge on any atom is 0.453 e. The molecule has 0 spiro atoms. The van der Waals surface area contributed by atoms with Gasteiger partial charge in [0.1, 0.15) is 0 Å². The summed E-state index contributed by atoms with van der Waals surface area (Å²) < 4.78 is 38.3. The molecule has 8 heteroatoms. The Labute approximate surface area is 101 Å². The molecule has 0 aliphatic heterocycles. The standard InChI is InChI=1S/C10H12F3N5/c1-9(2,14)3-6-4-15-8-16-7(10(11,12)13)17-18(8)5-6/h4-5H,3,14H2,1-2H3. The minimum atomic E-state index is -4.57. The van der Waals surface area contributed by atoms with E-state index in [1.54, 1.807) is 0 Å². The maximum absolute atomic E-state index is 12.4. The first-order valence-corrected chi connectivity index (χ1v) is 5.22. The predicted octanol–water partition coefficient (Wildman–Crippen LogP) is 1.42. The Morgan fingerprint density at radius 2 is 2.00 bits per heavy atom. The second-order valence-corrected chi connectivity index (χ2v) is 4.81. The number of halogens is 3. The summed E-state index contributed by atoms with van der Waals surface area (Å²) >= 11 is 0. The number of nitrogens with two attached hydrogens (primary N) is 1. The third kappa shape index (κ3) is 2.76. The fourth-order valence-corrected chi connectivity index (χ4v) is 1.56. The molecule has 0 atom stereocenters. The number of rotatable bonds is 2. The monoisotopic (exact) mass is 259 g/mol. The van der Waals surface area contributed by atoms with Crippen LogP contribution >= 0.6 is 0 Å². The van der Waals surface area contributed by atoms with E-state index in [1.165, 1.54) is 12.4 Å². The van der Waals surface area contributed by atoms with Crippen LogP contribution in [0.2, 0.25) is 0 Å². The van der Waals surface area contributed by atoms with Gasteiger partial charge in [-0.15, -0.1) is 5.10 Å². The summed E-state index contributed by atoms with van der Waals surface area (Å²) in [7, 11) is 0. The molecule has 2 aromatic rings. The van der Waals surface area contributed by atoms with Crippen LogP contribution in [-0.4, -0.2) is 25.1 Å². The van der Waals surface area contributed by atoms with Gasteiger partial charge in [0, 0.05) is 17.9 Å². The summed E-state index contributed by atoms with van der Waals surface area (Å²) in [6, 6.07) is 0. The molecule has 0 aromatic carbocycles. The first-order chi connectivity index (χ1) is 8.15. The van der Waals surface area contributed by atoms with E-state index in [0.29, 0.717) is 12.0 Å². The highest BCUT2D eigenvalue weighted by atomic mass is 19.4. The number of aromatic nitrogens is 4. The summed E-state index contributed by atoms with van der Waals surface area (Å²) in [5, 5.41) is 3.35. The van der Waals surface area contributed by atoms with Crippen molar-refractivity contribution in [2.75, 3.05) is 0 Å². The van der Waals surface area contributed by atoms with Crippen LogP contribution in [0.25, 0.3) is 5.78 Å². The molecule has 2 rings (SSSR count). The highest BCUT2D eigenvalue weighted by molar-refractivity contribution is 5.28. The molecule has 98 valence electrons. The first kappa shape index (κ1) is 12.7. The minimum absolute atomic E-state index is 0.0825. The molecule has 0 saturated carbocycles. The Morgan fingerprint density at radius 1 is 1.33 bits per heavy atom. The number of nitrogens with zero attached hydrogens (tertiary/aromatic N) is 4. The van der Waals surface area contributed by atoms with Gasteiger partial charge in [0.15, 0.2) is 0 Å². The van der Waals surface area contributed by atoms with E-state index in [2.05, 4.69) is 15.1 Å². The molecule has 0 saturated heterocycles. The lowest BCUT2D eigenvalue weighted by Gasteiger charge is -2.17. The van der Waals surface area contributed by atoms with Crippen LogP contribution in [0.5, 0.6) is 0 Å². The van der Waals surface area contributed by atoms with Gasteiger partial charge in [-0.3, -0.25) is 0 Å². The predicted molar refractivity (Wildman–Crippen MR) is 57.8 cm³/mol. The lowest BCUT2D eigenvalue weighted by molar-refractivity contribution is -0.144. The normalized spacial score (nSPS) is 13.2. The first-order valence-electron chi connectivity index (χ1n) is 5.22. The highest BCUT2D eigenvalue weighted by Crippen LogP contribution is 2.26. The molecule has 0 fully saturated rings. The molecule has 5 nitrogen and oxygen atoms in total. The van der Waals surface area contributed by atoms with Crippen molar-refractivity contribution in [1.29, 1.82) is 0 Å². The Hall–Kier alpha value is -1.70. The maximum atomic E-state index is 12.4. The van der Waals surface area contributed by atoms with Crippen molar-refractivity contribution >= 4 is 5.78 Å². The number of alkyl halides is 3. The van der Waals surface area contributed by atoms with Crippen LogP contribution in [0.15, 0.2) is 12.4 Å². The van der Waals surface area contributed by atoms with E-state index in [1.807, 2.05) is 13.8 Å². The lowest BCUT2D eigenvalue weighted by Crippen LogP contribution is -2.34. The number of hydrogen-bond acceptors (Lipinski definition) is 4. The average molecular weight is 259 g/mol. The van der Waals surface area contributed by atoms with E-state index in [-0.39, 0.29) is 5.78 Å². The quantitative estimate of drug-likeness (QED) is 0.885. The van der Waals surface area contributed by atoms with Crippen LogP contribution in [-0.2, 0) is 12.6 Å². The Kier molecular flexibility index (Phi) is 2.77. The van der Waals surface area contributed by atoms with Crippen molar-refractivity contribution in [2.45, 2.75) is 32.0 Å². The molecule has 0 bridgehead atoms. The molecule has 2 heterocycles. The van der Waals surface area contributed by atoms with Gasteiger partial charge in [-0.2, -0.15) is 18.2 Å². The third-order valence-electron chi connectivity index (χ3n) is 2.16. The SMILES string of the molecule is CC(C)(N)Cc1cnc2nc(C(F)(F)F)nn2c1. The molecule has 0 unspecified atom stereocenters. The Bertz CT molecular complexity index is 567. The topological polar surface area (TPSA) is 69.1 Å². The van der Waals surface area contributed by atoms with Crippen LogP contribution in [0.3, 0.4) is 0 Å². The van der Waals surface area contributed by atoms with Gasteiger partial charge in [0.2, 0.25) is 0 Å². The molecular formula is C10H12F3N5. The van der Waals surface area contributed by atoms with Gasteiger partial charge >= 0.3 is 6.18 Å². The van der Waals surface area contributed by atoms with Crippen LogP contribution in [0.4, 0.5) is 13.2 Å². The van der Waals surface area contributed by atoms with Gasteiger partial charge in [-0.25, -0.2) is 9.50 Å². The molecule has 18 heavy (non-hydrogen) atoms. The van der Waals surface area contributed by atoms with Crippen molar-refractivity contribution < 1.29 is 13.2 Å². The summed E-state index contributed by atoms with van der Waals surface area (Å²) in [4.78, 5) is 7.14. The van der Waals surface area contributed by atoms with E-state index < -0.39 is 17.5 Å². The zero-order valence-corrected chi connectivity index (χ0v) is 9.86. The molecule has 0 aliphatic rings. The molecule has 2 aromatic heterocycles. The van der Waals surface area contributed by atoms with Gasteiger partial charge in [-0.1, -0.05) is 0 Å². The zero-order valence-electron chi connectivity index (χ0n) is 9.86. The molecule has 2 N–H and O–H groups in total. The summed E-state index contributed by atoms with van der Waals surface area (Å²) in [6.07, 6.45) is -1.17. The van der Waals surface area contributed by atoms with Crippen LogP contribution in [0.1, 0.15) is 25.2 Å². The fourth-order valence-electron chi connectivity index (χ4n) is 1.56. The van der Waals surface area contributed by atoms with Crippen molar-refractivity contribution in [2.24, 2.45) is 5.73 Å². The van der Waals surface area contributed by atoms with Crippen LogP contribution < -0.4 is 5.73 Å². The minimum Gasteiger partial charge on any atom is -0.325 e. The van der Waals surface area contributed by atoms with Gasteiger partial charge in [0.05, 0.1) is 0 Å². The number of hydrogen-bond donors (Lipinski definition) is 1. The van der Waals surface area contributed by atoms with Crippen molar-refractivity contribution in [1.82, 2.24) is 19.6 Å². The van der Waals surface area contributed by atoms with Gasteiger partial charge < -0.3 is 5.73 Å². The van der Waals surface area contributed by atoms with E-state index >= 15 is 0 Å². The second-order valence-electron chi connectivity index (χ2n) is 4.81. The largest absolute Gasteiger partial charge is 0.453 e. The Balaban J connectivity index is 2.40. The van der Waals surface area contributed by atoms with Crippen molar-refractivity contribution in [3.05, 3.63) is 23.8 Å². The van der Waals surface area contributed by atoms with E-state index in [4.69, 9.17) is 5.73 Å². The smallest absolute Gasteiger partial charge is 0.325 e. The average Bonchev–Trinajstić information content (AvgIpc) is 2.57. The second kappa shape index (κ2) is 3.91. The summed E-state index contributed by atoms with van der Waals surface area (Å²) in [6.45, 7) is 3.64. The van der Waals surface area contributed by atoms with Gasteiger partial charge in [-0.05, 0) is 25.8 Å². The molecule has 0 aliphatic carbocycles. The molecule has 0 radical (unpaired) electrons. The molecular weight excluding hydrogens is 247 g/mol. The highest BCUT2D eigenvalue weighted by Gasteiger charge is 2.36. The van der Waals surface area contributed by atoms with Gasteiger partial charge in [0.25, 0.3) is 11.6 Å². The Morgan fingerprint density at radius 3 is 2.56 bits per heavy atom. The fraction of sp³-hybridized carbons (Fsp3) is 0.500. The van der Waals surface area contributed by atoms with Crippen molar-refractivity contribution in [3.63, 3.8) is 0 Å². The summed E-state index contributed by atoms with van der Waals surface area (Å²) in [5.41, 5.74) is 6.07. The van der Waals surface area contributed by atoms with Crippen molar-refractivity contribution in [3.8, 4) is 0 Å². The van der Waals surface area contributed by atoms with E-state index in [9.17, 15) is 13.2 Å². The third-order valence-corrected chi connectivity index (χ3v) is 2.16. The zero-order chi connectivity index (χ0) is 13.6. The molecule has 0 amide bonds. The number of fused-ring (bicyclic) bond motifs is 1. The summed E-state index contributed by atoms with van der Waals surface area (Å²) in [5.74, 6) is -1.28. The van der Waals surface area contributed by atoms with E-state index in [0.717, 1.165) is 4.52 Å². The lowest BCUT2D eigenvalue weighted by atomic mass is 9.98.